The third-order valence-electron chi connectivity index (χ3n) is 4.93. The summed E-state index contributed by atoms with van der Waals surface area (Å²) >= 11 is 0. The molecule has 0 aliphatic heterocycles. The highest BCUT2D eigenvalue weighted by Gasteiger charge is 2.26. The maximum atomic E-state index is 9.56. The molecule has 1 aromatic carbocycles. The maximum absolute atomic E-state index is 9.56. The van der Waals surface area contributed by atoms with Gasteiger partial charge in [-0.1, -0.05) is 30.3 Å². The topological polar surface area (TPSA) is 31.4 Å². The Morgan fingerprint density at radius 2 is 2.04 bits per heavy atom. The van der Waals surface area contributed by atoms with E-state index < -0.39 is 0 Å². The number of aromatic nitrogens is 1. The van der Waals surface area contributed by atoms with Crippen LogP contribution in [0.3, 0.4) is 0 Å². The molecule has 0 fully saturated rings. The van der Waals surface area contributed by atoms with Crippen molar-refractivity contribution in [2.45, 2.75) is 25.4 Å². The third-order valence-corrected chi connectivity index (χ3v) is 4.93. The first-order valence-corrected chi connectivity index (χ1v) is 8.04. The first kappa shape index (κ1) is 14.0. The van der Waals surface area contributed by atoms with Crippen molar-refractivity contribution in [2.24, 2.45) is 0 Å². The van der Waals surface area contributed by atoms with Crippen LogP contribution in [0.2, 0.25) is 0 Å². The summed E-state index contributed by atoms with van der Waals surface area (Å²) in [5.41, 5.74) is 5.80. The molecule has 0 amide bonds. The lowest BCUT2D eigenvalue weighted by Gasteiger charge is -2.25. The van der Waals surface area contributed by atoms with Crippen LogP contribution in [0.25, 0.3) is 5.52 Å². The third kappa shape index (κ3) is 2.32. The van der Waals surface area contributed by atoms with E-state index in [0.717, 1.165) is 36.0 Å². The molecule has 4 rings (SSSR count). The van der Waals surface area contributed by atoms with Gasteiger partial charge < -0.3 is 4.40 Å². The maximum Gasteiger partial charge on any atom is 0.102 e. The van der Waals surface area contributed by atoms with E-state index in [2.05, 4.69) is 48.5 Å². The van der Waals surface area contributed by atoms with Gasteiger partial charge in [0, 0.05) is 30.5 Å². The van der Waals surface area contributed by atoms with Crippen LogP contribution in [0.4, 0.5) is 0 Å². The Bertz CT molecular complexity index is 901. The van der Waals surface area contributed by atoms with E-state index in [4.69, 9.17) is 0 Å². The number of hydrogen-bond donors (Lipinski definition) is 0. The predicted octanol–water partition coefficient (Wildman–Crippen LogP) is 3.93. The molecule has 1 aliphatic rings. The SMILES string of the molecule is CN(Cc1cn2ccccc2c1C#N)[C@H]1CCc2ccccc21. The highest BCUT2D eigenvalue weighted by Crippen LogP contribution is 2.35. The summed E-state index contributed by atoms with van der Waals surface area (Å²) in [6.07, 6.45) is 6.40. The van der Waals surface area contributed by atoms with Gasteiger partial charge in [-0.15, -0.1) is 0 Å². The van der Waals surface area contributed by atoms with Crippen LogP contribution in [-0.4, -0.2) is 16.3 Å². The van der Waals surface area contributed by atoms with Crippen molar-refractivity contribution in [3.63, 3.8) is 0 Å². The fourth-order valence-electron chi connectivity index (χ4n) is 3.80. The monoisotopic (exact) mass is 301 g/mol. The minimum absolute atomic E-state index is 0.445. The zero-order valence-corrected chi connectivity index (χ0v) is 13.2. The second kappa shape index (κ2) is 5.57. The first-order valence-electron chi connectivity index (χ1n) is 8.04. The zero-order valence-electron chi connectivity index (χ0n) is 13.2. The Morgan fingerprint density at radius 1 is 1.22 bits per heavy atom. The number of nitriles is 1. The molecule has 114 valence electrons. The summed E-state index contributed by atoms with van der Waals surface area (Å²) in [5.74, 6) is 0. The van der Waals surface area contributed by atoms with Gasteiger partial charge >= 0.3 is 0 Å². The first-order chi connectivity index (χ1) is 11.3. The molecule has 3 aromatic rings. The van der Waals surface area contributed by atoms with Gasteiger partial charge in [0.25, 0.3) is 0 Å². The van der Waals surface area contributed by atoms with Gasteiger partial charge in [0.1, 0.15) is 6.07 Å². The van der Waals surface area contributed by atoms with Crippen LogP contribution in [0.5, 0.6) is 0 Å². The molecular weight excluding hydrogens is 282 g/mol. The van der Waals surface area contributed by atoms with E-state index in [1.807, 2.05) is 28.8 Å². The van der Waals surface area contributed by atoms with Crippen molar-refractivity contribution in [3.05, 3.63) is 77.1 Å². The quantitative estimate of drug-likeness (QED) is 0.734. The van der Waals surface area contributed by atoms with E-state index in [0.29, 0.717) is 6.04 Å². The largest absolute Gasteiger partial charge is 0.322 e. The highest BCUT2D eigenvalue weighted by atomic mass is 15.1. The van der Waals surface area contributed by atoms with E-state index in [9.17, 15) is 5.26 Å². The van der Waals surface area contributed by atoms with E-state index in [-0.39, 0.29) is 0 Å². The molecule has 3 nitrogen and oxygen atoms in total. The van der Waals surface area contributed by atoms with Crippen LogP contribution in [0.1, 0.15) is 34.7 Å². The molecule has 0 bridgehead atoms. The molecule has 2 heterocycles. The number of aryl methyl sites for hydroxylation is 1. The van der Waals surface area contributed by atoms with Gasteiger partial charge in [-0.25, -0.2) is 0 Å². The lowest BCUT2D eigenvalue weighted by Crippen LogP contribution is -2.22. The van der Waals surface area contributed by atoms with E-state index in [1.54, 1.807) is 0 Å². The molecule has 0 spiro atoms. The molecule has 0 saturated heterocycles. The normalized spacial score (nSPS) is 16.7. The molecule has 1 atom stereocenters. The molecule has 0 radical (unpaired) electrons. The van der Waals surface area contributed by atoms with E-state index >= 15 is 0 Å². The number of nitrogens with zero attached hydrogens (tertiary/aromatic N) is 3. The van der Waals surface area contributed by atoms with Crippen molar-refractivity contribution in [1.82, 2.24) is 9.30 Å². The number of pyridine rings is 1. The number of rotatable bonds is 3. The molecule has 23 heavy (non-hydrogen) atoms. The Kier molecular flexibility index (Phi) is 3.40. The van der Waals surface area contributed by atoms with Crippen molar-refractivity contribution in [1.29, 1.82) is 5.26 Å². The molecule has 0 unspecified atom stereocenters. The average molecular weight is 301 g/mol. The van der Waals surface area contributed by atoms with Crippen LogP contribution in [0.15, 0.2) is 54.9 Å². The lowest BCUT2D eigenvalue weighted by atomic mass is 10.1. The zero-order chi connectivity index (χ0) is 15.8. The average Bonchev–Trinajstić information content (AvgIpc) is 3.15. The van der Waals surface area contributed by atoms with Gasteiger partial charge in [0.2, 0.25) is 0 Å². The van der Waals surface area contributed by atoms with Crippen molar-refractivity contribution < 1.29 is 0 Å². The fraction of sp³-hybridized carbons (Fsp3) is 0.250. The van der Waals surface area contributed by atoms with Crippen LogP contribution in [0, 0.1) is 11.3 Å². The molecular formula is C20H19N3. The van der Waals surface area contributed by atoms with Gasteiger partial charge in [0.15, 0.2) is 0 Å². The summed E-state index contributed by atoms with van der Waals surface area (Å²) < 4.78 is 2.05. The second-order valence-corrected chi connectivity index (χ2v) is 6.30. The minimum atomic E-state index is 0.445. The van der Waals surface area contributed by atoms with Gasteiger partial charge in [0.05, 0.1) is 11.1 Å². The molecule has 0 N–H and O–H groups in total. The summed E-state index contributed by atoms with van der Waals surface area (Å²) in [7, 11) is 2.16. The van der Waals surface area contributed by atoms with Gasteiger partial charge in [-0.05, 0) is 43.1 Å². The van der Waals surface area contributed by atoms with Gasteiger partial charge in [-0.2, -0.15) is 5.26 Å². The predicted molar refractivity (Wildman–Crippen MR) is 91.1 cm³/mol. The van der Waals surface area contributed by atoms with E-state index in [1.165, 1.54) is 11.1 Å². The van der Waals surface area contributed by atoms with Crippen molar-refractivity contribution in [2.75, 3.05) is 7.05 Å². The summed E-state index contributed by atoms with van der Waals surface area (Å²) in [6, 6.07) is 17.5. The fourth-order valence-corrected chi connectivity index (χ4v) is 3.80. The molecule has 0 saturated carbocycles. The van der Waals surface area contributed by atoms with Crippen molar-refractivity contribution in [3.8, 4) is 6.07 Å². The Hall–Kier alpha value is -2.57. The van der Waals surface area contributed by atoms with Crippen molar-refractivity contribution >= 4 is 5.52 Å². The molecule has 1 aliphatic carbocycles. The minimum Gasteiger partial charge on any atom is -0.322 e. The lowest BCUT2D eigenvalue weighted by molar-refractivity contribution is 0.236. The number of hydrogen-bond acceptors (Lipinski definition) is 2. The van der Waals surface area contributed by atoms with Gasteiger partial charge in [-0.3, -0.25) is 4.90 Å². The van der Waals surface area contributed by atoms with Crippen LogP contribution >= 0.6 is 0 Å². The smallest absolute Gasteiger partial charge is 0.102 e. The van der Waals surface area contributed by atoms with Crippen LogP contribution in [-0.2, 0) is 13.0 Å². The summed E-state index contributed by atoms with van der Waals surface area (Å²) in [4.78, 5) is 2.38. The Balaban J connectivity index is 1.65. The molecule has 3 heteroatoms. The number of fused-ring (bicyclic) bond motifs is 2. The Morgan fingerprint density at radius 3 is 2.91 bits per heavy atom. The highest BCUT2D eigenvalue weighted by molar-refractivity contribution is 5.65. The van der Waals surface area contributed by atoms with Crippen LogP contribution < -0.4 is 0 Å². The summed E-state index contributed by atoms with van der Waals surface area (Å²) in [6.45, 7) is 0.795. The molecule has 2 aromatic heterocycles. The Labute approximate surface area is 136 Å². The summed E-state index contributed by atoms with van der Waals surface area (Å²) in [5, 5.41) is 9.56. The standard InChI is InChI=1S/C20H19N3/c1-22(19-10-9-15-6-2-3-7-17(15)19)13-16-14-23-11-5-4-8-20(23)18(16)12-21/h2-8,11,14,19H,9-10,13H2,1H3/t19-/m0/s1. The second-order valence-electron chi connectivity index (χ2n) is 6.30. The number of benzene rings is 1.